The Balaban J connectivity index is 3.14. The highest BCUT2D eigenvalue weighted by atomic mass is 16.7. The van der Waals surface area contributed by atoms with Gasteiger partial charge in [0.2, 0.25) is 0 Å². The van der Waals surface area contributed by atoms with Gasteiger partial charge in [-0.3, -0.25) is 14.4 Å². The second-order valence-electron chi connectivity index (χ2n) is 10.2. The minimum atomic E-state index is -1.58. The quantitative estimate of drug-likeness (QED) is 0.295. The van der Waals surface area contributed by atoms with Crippen molar-refractivity contribution in [1.82, 2.24) is 0 Å². The van der Waals surface area contributed by atoms with Crippen LogP contribution in [0, 0.1) is 17.8 Å². The molecule has 37 heavy (non-hydrogen) atoms. The Morgan fingerprint density at radius 2 is 1.46 bits per heavy atom. The Kier molecular flexibility index (Phi) is 12.6. The third-order valence-electron chi connectivity index (χ3n) is 5.35. The SMILES string of the molecule is COC(=O)C(N)(Cc1ccc(OC(=O)C(C)C)c(OC(=O)C(C)C)c1)C[C@H](C)OC(=O)OCCC(C)C. The third-order valence-corrected chi connectivity index (χ3v) is 5.35. The summed E-state index contributed by atoms with van der Waals surface area (Å²) in [6, 6.07) is 4.56. The smallest absolute Gasteiger partial charge is 0.468 e. The van der Waals surface area contributed by atoms with Crippen LogP contribution in [-0.4, -0.2) is 49.4 Å². The molecule has 0 radical (unpaired) electrons. The first-order chi connectivity index (χ1) is 17.2. The highest BCUT2D eigenvalue weighted by Crippen LogP contribution is 2.32. The van der Waals surface area contributed by atoms with Crippen LogP contribution >= 0.6 is 0 Å². The molecular formula is C27H41NO9. The van der Waals surface area contributed by atoms with Gasteiger partial charge in [-0.25, -0.2) is 4.79 Å². The van der Waals surface area contributed by atoms with E-state index in [-0.39, 0.29) is 30.9 Å². The molecule has 1 aromatic carbocycles. The van der Waals surface area contributed by atoms with Crippen molar-refractivity contribution in [2.45, 2.75) is 79.4 Å². The number of rotatable bonds is 13. The van der Waals surface area contributed by atoms with E-state index in [1.807, 2.05) is 13.8 Å². The van der Waals surface area contributed by atoms with E-state index in [9.17, 15) is 19.2 Å². The van der Waals surface area contributed by atoms with Crippen molar-refractivity contribution in [3.05, 3.63) is 23.8 Å². The van der Waals surface area contributed by atoms with Crippen LogP contribution in [0.5, 0.6) is 11.5 Å². The average Bonchev–Trinajstić information content (AvgIpc) is 2.79. The van der Waals surface area contributed by atoms with Gasteiger partial charge in [0.15, 0.2) is 11.5 Å². The lowest BCUT2D eigenvalue weighted by molar-refractivity contribution is -0.148. The Morgan fingerprint density at radius 3 is 1.97 bits per heavy atom. The number of esters is 3. The van der Waals surface area contributed by atoms with Crippen LogP contribution in [0.15, 0.2) is 18.2 Å². The Labute approximate surface area is 219 Å². The fraction of sp³-hybridized carbons (Fsp3) is 0.630. The van der Waals surface area contributed by atoms with E-state index in [1.54, 1.807) is 40.7 Å². The lowest BCUT2D eigenvalue weighted by Gasteiger charge is -2.29. The summed E-state index contributed by atoms with van der Waals surface area (Å²) in [7, 11) is 1.21. The number of ether oxygens (including phenoxy) is 5. The van der Waals surface area contributed by atoms with Gasteiger partial charge in [-0.15, -0.1) is 0 Å². The summed E-state index contributed by atoms with van der Waals surface area (Å²) in [5, 5.41) is 0. The topological polar surface area (TPSA) is 140 Å². The molecule has 0 saturated carbocycles. The van der Waals surface area contributed by atoms with Gasteiger partial charge in [0, 0.05) is 12.8 Å². The maximum atomic E-state index is 12.7. The first-order valence-corrected chi connectivity index (χ1v) is 12.5. The molecule has 1 aromatic rings. The number of carbonyl (C=O) groups is 4. The molecule has 0 aliphatic heterocycles. The van der Waals surface area contributed by atoms with Crippen molar-refractivity contribution in [1.29, 1.82) is 0 Å². The molecule has 0 fully saturated rings. The van der Waals surface area contributed by atoms with Crippen molar-refractivity contribution in [2.75, 3.05) is 13.7 Å². The van der Waals surface area contributed by atoms with Crippen molar-refractivity contribution >= 4 is 24.1 Å². The van der Waals surface area contributed by atoms with Crippen LogP contribution in [0.25, 0.3) is 0 Å². The summed E-state index contributed by atoms with van der Waals surface area (Å²) >= 11 is 0. The zero-order chi connectivity index (χ0) is 28.3. The molecule has 0 saturated heterocycles. The van der Waals surface area contributed by atoms with Gasteiger partial charge in [0.25, 0.3) is 0 Å². The molecule has 2 N–H and O–H groups in total. The number of hydrogen-bond donors (Lipinski definition) is 1. The number of benzene rings is 1. The molecule has 0 bridgehead atoms. The monoisotopic (exact) mass is 523 g/mol. The maximum absolute atomic E-state index is 12.7. The van der Waals surface area contributed by atoms with Crippen LogP contribution in [0.4, 0.5) is 4.79 Å². The van der Waals surface area contributed by atoms with Crippen molar-refractivity contribution in [2.24, 2.45) is 23.5 Å². The molecule has 0 aromatic heterocycles. The van der Waals surface area contributed by atoms with Gasteiger partial charge in [0.05, 0.1) is 25.6 Å². The van der Waals surface area contributed by atoms with E-state index in [0.29, 0.717) is 17.9 Å². The highest BCUT2D eigenvalue weighted by molar-refractivity contribution is 5.81. The van der Waals surface area contributed by atoms with Crippen LogP contribution in [-0.2, 0) is 35.0 Å². The second-order valence-corrected chi connectivity index (χ2v) is 10.2. The fourth-order valence-electron chi connectivity index (χ4n) is 3.21. The summed E-state index contributed by atoms with van der Waals surface area (Å²) in [5.41, 5.74) is 5.39. The summed E-state index contributed by atoms with van der Waals surface area (Å²) in [4.78, 5) is 49.1. The first-order valence-electron chi connectivity index (χ1n) is 12.5. The summed E-state index contributed by atoms with van der Waals surface area (Å²) in [6.07, 6.45) is -1.02. The van der Waals surface area contributed by atoms with Crippen LogP contribution in [0.3, 0.4) is 0 Å². The molecule has 1 unspecified atom stereocenters. The molecule has 0 aliphatic rings. The van der Waals surface area contributed by atoms with E-state index in [2.05, 4.69) is 0 Å². The third kappa shape index (κ3) is 10.8. The number of nitrogens with two attached hydrogens (primary N) is 1. The first kappa shape index (κ1) is 31.9. The van der Waals surface area contributed by atoms with Crippen molar-refractivity contribution in [3.63, 3.8) is 0 Å². The fourth-order valence-corrected chi connectivity index (χ4v) is 3.21. The molecular weight excluding hydrogens is 482 g/mol. The second kappa shape index (κ2) is 14.6. The van der Waals surface area contributed by atoms with Gasteiger partial charge < -0.3 is 29.4 Å². The van der Waals surface area contributed by atoms with E-state index >= 15 is 0 Å². The molecule has 1 rings (SSSR count). The largest absolute Gasteiger partial charge is 0.508 e. The summed E-state index contributed by atoms with van der Waals surface area (Å²) < 4.78 is 26.1. The van der Waals surface area contributed by atoms with E-state index in [4.69, 9.17) is 29.4 Å². The number of hydrogen-bond acceptors (Lipinski definition) is 10. The minimum Gasteiger partial charge on any atom is -0.468 e. The molecule has 208 valence electrons. The summed E-state index contributed by atoms with van der Waals surface area (Å²) in [6.45, 7) is 12.5. The molecule has 10 heteroatoms. The maximum Gasteiger partial charge on any atom is 0.508 e. The Hall–Kier alpha value is -3.14. The van der Waals surface area contributed by atoms with Gasteiger partial charge in [-0.05, 0) is 37.0 Å². The van der Waals surface area contributed by atoms with Crippen molar-refractivity contribution < 1.29 is 42.9 Å². The van der Waals surface area contributed by atoms with Gasteiger partial charge in [-0.2, -0.15) is 0 Å². The van der Waals surface area contributed by atoms with E-state index in [0.717, 1.165) is 0 Å². The standard InChI is InChI=1S/C27H41NO9/c1-16(2)11-12-34-26(32)35-19(7)14-27(28,25(31)33-8)15-20-9-10-21(36-23(29)17(3)4)22(13-20)37-24(30)18(5)6/h9-10,13,16-19H,11-12,14-15,28H2,1-8H3/t19-,27?/m0/s1. The highest BCUT2D eigenvalue weighted by Gasteiger charge is 2.38. The molecule has 10 nitrogen and oxygen atoms in total. The van der Waals surface area contributed by atoms with Crippen LogP contribution in [0.2, 0.25) is 0 Å². The van der Waals surface area contributed by atoms with Crippen LogP contribution < -0.4 is 15.2 Å². The number of methoxy groups -OCH3 is 1. The lowest BCUT2D eigenvalue weighted by Crippen LogP contribution is -2.53. The Morgan fingerprint density at radius 1 is 0.892 bits per heavy atom. The predicted octanol–water partition coefficient (Wildman–Crippen LogP) is 4.20. The van der Waals surface area contributed by atoms with Gasteiger partial charge in [0.1, 0.15) is 11.6 Å². The molecule has 0 heterocycles. The van der Waals surface area contributed by atoms with E-state index < -0.39 is 47.5 Å². The lowest BCUT2D eigenvalue weighted by atomic mass is 9.86. The molecule has 0 spiro atoms. The van der Waals surface area contributed by atoms with Gasteiger partial charge >= 0.3 is 24.1 Å². The molecule has 0 amide bonds. The zero-order valence-corrected chi connectivity index (χ0v) is 23.1. The van der Waals surface area contributed by atoms with Gasteiger partial charge in [-0.1, -0.05) is 47.6 Å². The minimum absolute atomic E-state index is 0.0236. The van der Waals surface area contributed by atoms with E-state index in [1.165, 1.54) is 19.2 Å². The molecule has 0 aliphatic carbocycles. The normalized spacial score (nSPS) is 13.6. The Bertz CT molecular complexity index is 942. The van der Waals surface area contributed by atoms with Crippen molar-refractivity contribution in [3.8, 4) is 11.5 Å². The zero-order valence-electron chi connectivity index (χ0n) is 23.1. The average molecular weight is 524 g/mol. The number of carbonyl (C=O) groups excluding carboxylic acids is 4. The predicted molar refractivity (Wildman–Crippen MR) is 136 cm³/mol. The summed E-state index contributed by atoms with van der Waals surface area (Å²) in [5.74, 6) is -2.11. The van der Waals surface area contributed by atoms with Crippen LogP contribution in [0.1, 0.15) is 66.9 Å². The molecule has 2 atom stereocenters.